The molecule has 1 fully saturated rings. The number of rotatable bonds is 6. The van der Waals surface area contributed by atoms with Gasteiger partial charge in [0.2, 0.25) is 5.91 Å². The summed E-state index contributed by atoms with van der Waals surface area (Å²) in [7, 11) is 0. The van der Waals surface area contributed by atoms with Crippen LogP contribution in [-0.4, -0.2) is 27.5 Å². The largest absolute Gasteiger partial charge is 0.489 e. The minimum atomic E-state index is -0.617. The van der Waals surface area contributed by atoms with E-state index in [0.29, 0.717) is 23.8 Å². The lowest BCUT2D eigenvalue weighted by molar-refractivity contribution is -0.117. The van der Waals surface area contributed by atoms with Crippen molar-refractivity contribution in [1.29, 1.82) is 0 Å². The molecular weight excluding hydrogens is 383 g/mol. The highest BCUT2D eigenvalue weighted by molar-refractivity contribution is 5.95. The van der Waals surface area contributed by atoms with Crippen LogP contribution in [0.2, 0.25) is 0 Å². The number of nitrogens with zero attached hydrogens (tertiary/aromatic N) is 3. The predicted molar refractivity (Wildman–Crippen MR) is 111 cm³/mol. The Labute approximate surface area is 174 Å². The summed E-state index contributed by atoms with van der Waals surface area (Å²) in [6.07, 6.45) is 3.89. The topological polar surface area (TPSA) is 77.0 Å². The lowest BCUT2D eigenvalue weighted by Gasteiger charge is -2.19. The summed E-state index contributed by atoms with van der Waals surface area (Å²) in [5.74, 6) is 0.865. The van der Waals surface area contributed by atoms with Crippen molar-refractivity contribution in [3.05, 3.63) is 77.3 Å². The third kappa shape index (κ3) is 4.01. The van der Waals surface area contributed by atoms with E-state index in [-0.39, 0.29) is 24.2 Å². The third-order valence-electron chi connectivity index (χ3n) is 5.49. The molecule has 1 aromatic carbocycles. The van der Waals surface area contributed by atoms with Crippen LogP contribution in [0.5, 0.6) is 5.75 Å². The molecule has 4 rings (SSSR count). The number of aryl methyl sites for hydroxylation is 3. The van der Waals surface area contributed by atoms with Crippen LogP contribution < -0.4 is 10.1 Å². The van der Waals surface area contributed by atoms with Crippen molar-refractivity contribution in [1.82, 2.24) is 15.0 Å². The molecule has 6 nitrogen and oxygen atoms in total. The zero-order valence-corrected chi connectivity index (χ0v) is 17.1. The average Bonchev–Trinajstić information content (AvgIpc) is 3.45. The molecule has 3 aromatic rings. The summed E-state index contributed by atoms with van der Waals surface area (Å²) in [4.78, 5) is 25.7. The number of aromatic nitrogens is 3. The highest BCUT2D eigenvalue weighted by Gasteiger charge is 2.60. The Bertz CT molecular complexity index is 1090. The van der Waals surface area contributed by atoms with Gasteiger partial charge in [-0.05, 0) is 56.5 Å². The van der Waals surface area contributed by atoms with Gasteiger partial charge in [-0.25, -0.2) is 19.3 Å². The first-order valence-electron chi connectivity index (χ1n) is 9.80. The maximum absolute atomic E-state index is 13.9. The molecule has 0 radical (unpaired) electrons. The molecule has 1 amide bonds. The molecule has 154 valence electrons. The molecule has 0 spiro atoms. The average molecular weight is 406 g/mol. The SMILES string of the molecule is Cc1ccc(NC(=O)[C@@H]2C[C@@]2(COc2cnc(C)nc2C)c2cccc(F)c2)nc1. The smallest absolute Gasteiger partial charge is 0.229 e. The van der Waals surface area contributed by atoms with E-state index in [2.05, 4.69) is 20.3 Å². The van der Waals surface area contributed by atoms with Crippen molar-refractivity contribution in [2.45, 2.75) is 32.6 Å². The predicted octanol–water partition coefficient (Wildman–Crippen LogP) is 3.91. The zero-order valence-electron chi connectivity index (χ0n) is 17.1. The third-order valence-corrected chi connectivity index (χ3v) is 5.49. The fraction of sp³-hybridized carbons (Fsp3) is 0.304. The number of hydrogen-bond donors (Lipinski definition) is 1. The lowest BCUT2D eigenvalue weighted by Crippen LogP contribution is -2.27. The Kier molecular flexibility index (Phi) is 5.20. The second kappa shape index (κ2) is 7.82. The Morgan fingerprint density at radius 1 is 1.20 bits per heavy atom. The Balaban J connectivity index is 1.56. The van der Waals surface area contributed by atoms with Gasteiger partial charge in [0, 0.05) is 11.6 Å². The van der Waals surface area contributed by atoms with Crippen molar-refractivity contribution in [2.24, 2.45) is 5.92 Å². The van der Waals surface area contributed by atoms with E-state index in [1.807, 2.05) is 32.9 Å². The van der Waals surface area contributed by atoms with Gasteiger partial charge in [0.05, 0.1) is 24.4 Å². The first kappa shape index (κ1) is 19.9. The fourth-order valence-corrected chi connectivity index (χ4v) is 3.68. The number of pyridine rings is 1. The quantitative estimate of drug-likeness (QED) is 0.672. The molecule has 1 aliphatic carbocycles. The van der Waals surface area contributed by atoms with E-state index < -0.39 is 5.41 Å². The van der Waals surface area contributed by atoms with Gasteiger partial charge in [0.15, 0.2) is 5.75 Å². The number of carbonyl (C=O) groups is 1. The molecule has 1 saturated carbocycles. The zero-order chi connectivity index (χ0) is 21.3. The van der Waals surface area contributed by atoms with Crippen LogP contribution in [0.15, 0.2) is 48.8 Å². The van der Waals surface area contributed by atoms with Crippen LogP contribution in [0.4, 0.5) is 10.2 Å². The maximum Gasteiger partial charge on any atom is 0.229 e. The van der Waals surface area contributed by atoms with Crippen molar-refractivity contribution >= 4 is 11.7 Å². The summed E-state index contributed by atoms with van der Waals surface area (Å²) in [6.45, 7) is 5.82. The van der Waals surface area contributed by atoms with Crippen molar-refractivity contribution in [3.8, 4) is 5.75 Å². The number of amides is 1. The summed E-state index contributed by atoms with van der Waals surface area (Å²) < 4.78 is 20.0. The Morgan fingerprint density at radius 3 is 2.73 bits per heavy atom. The lowest BCUT2D eigenvalue weighted by atomic mass is 9.93. The molecule has 0 bridgehead atoms. The molecule has 2 aromatic heterocycles. The van der Waals surface area contributed by atoms with E-state index in [0.717, 1.165) is 16.8 Å². The van der Waals surface area contributed by atoms with Gasteiger partial charge >= 0.3 is 0 Å². The number of nitrogens with one attached hydrogen (secondary N) is 1. The standard InChI is InChI=1S/C23H23FN4O2/c1-14-7-8-21(26-11-14)28-22(29)19-10-23(19,17-5-4-6-18(24)9-17)13-30-20-12-25-16(3)27-15(20)2/h4-9,11-12,19H,10,13H2,1-3H3,(H,26,28,29)/t19-,23+/m0/s1. The second-order valence-electron chi connectivity index (χ2n) is 7.79. The van der Waals surface area contributed by atoms with Crippen LogP contribution in [-0.2, 0) is 10.2 Å². The number of halogens is 1. The first-order chi connectivity index (χ1) is 14.4. The minimum absolute atomic E-state index is 0.156. The normalized spacial score (nSPS) is 19.9. The fourth-order valence-electron chi connectivity index (χ4n) is 3.68. The van der Waals surface area contributed by atoms with Gasteiger partial charge in [-0.3, -0.25) is 4.79 Å². The number of anilines is 1. The summed E-state index contributed by atoms with van der Waals surface area (Å²) in [5.41, 5.74) is 1.86. The highest BCUT2D eigenvalue weighted by atomic mass is 19.1. The summed E-state index contributed by atoms with van der Waals surface area (Å²) in [6, 6.07) is 10.0. The first-order valence-corrected chi connectivity index (χ1v) is 9.80. The molecule has 2 heterocycles. The van der Waals surface area contributed by atoms with Crippen LogP contribution >= 0.6 is 0 Å². The van der Waals surface area contributed by atoms with E-state index in [1.54, 1.807) is 24.5 Å². The van der Waals surface area contributed by atoms with Gasteiger partial charge in [0.1, 0.15) is 17.5 Å². The van der Waals surface area contributed by atoms with E-state index in [9.17, 15) is 9.18 Å². The summed E-state index contributed by atoms with van der Waals surface area (Å²) in [5, 5.41) is 2.86. The minimum Gasteiger partial charge on any atom is -0.489 e. The second-order valence-corrected chi connectivity index (χ2v) is 7.79. The molecule has 2 atom stereocenters. The van der Waals surface area contributed by atoms with Crippen LogP contribution in [0.3, 0.4) is 0 Å². The Hall–Kier alpha value is -3.35. The number of benzene rings is 1. The van der Waals surface area contributed by atoms with Crippen molar-refractivity contribution in [2.75, 3.05) is 11.9 Å². The van der Waals surface area contributed by atoms with E-state index >= 15 is 0 Å². The molecular formula is C23H23FN4O2. The summed E-state index contributed by atoms with van der Waals surface area (Å²) >= 11 is 0. The van der Waals surface area contributed by atoms with Gasteiger partial charge in [-0.15, -0.1) is 0 Å². The van der Waals surface area contributed by atoms with Crippen LogP contribution in [0.1, 0.15) is 29.1 Å². The van der Waals surface area contributed by atoms with Gasteiger partial charge in [0.25, 0.3) is 0 Å². The molecule has 1 N–H and O–H groups in total. The molecule has 1 aliphatic rings. The highest BCUT2D eigenvalue weighted by Crippen LogP contribution is 2.55. The van der Waals surface area contributed by atoms with Crippen LogP contribution in [0, 0.1) is 32.5 Å². The van der Waals surface area contributed by atoms with Crippen molar-refractivity contribution in [3.63, 3.8) is 0 Å². The molecule has 0 saturated heterocycles. The number of hydrogen-bond acceptors (Lipinski definition) is 5. The molecule has 0 unspecified atom stereocenters. The van der Waals surface area contributed by atoms with Gasteiger partial charge in [-0.2, -0.15) is 0 Å². The number of carbonyl (C=O) groups excluding carboxylic acids is 1. The maximum atomic E-state index is 13.9. The van der Waals surface area contributed by atoms with E-state index in [4.69, 9.17) is 4.74 Å². The van der Waals surface area contributed by atoms with Crippen molar-refractivity contribution < 1.29 is 13.9 Å². The molecule has 7 heteroatoms. The van der Waals surface area contributed by atoms with Gasteiger partial charge < -0.3 is 10.1 Å². The molecule has 0 aliphatic heterocycles. The van der Waals surface area contributed by atoms with Crippen LogP contribution in [0.25, 0.3) is 0 Å². The van der Waals surface area contributed by atoms with Gasteiger partial charge in [-0.1, -0.05) is 18.2 Å². The molecule has 30 heavy (non-hydrogen) atoms. The Morgan fingerprint density at radius 2 is 2.03 bits per heavy atom. The van der Waals surface area contributed by atoms with E-state index in [1.165, 1.54) is 12.1 Å². The number of ether oxygens (including phenoxy) is 1. The monoisotopic (exact) mass is 406 g/mol.